The van der Waals surface area contributed by atoms with Crippen molar-refractivity contribution in [3.8, 4) is 0 Å². The smallest absolute Gasteiger partial charge is 0.230 e. The summed E-state index contributed by atoms with van der Waals surface area (Å²) in [4.78, 5) is 21.8. The van der Waals surface area contributed by atoms with Crippen LogP contribution < -0.4 is 16.0 Å². The van der Waals surface area contributed by atoms with Crippen molar-refractivity contribution in [3.05, 3.63) is 18.3 Å². The Balaban J connectivity index is 1.34. The molecule has 4 rings (SSSR count). The quantitative estimate of drug-likeness (QED) is 0.861. The molecule has 0 aromatic carbocycles. The van der Waals surface area contributed by atoms with Gasteiger partial charge >= 0.3 is 0 Å². The van der Waals surface area contributed by atoms with Gasteiger partial charge in [0.15, 0.2) is 0 Å². The van der Waals surface area contributed by atoms with E-state index in [1.54, 1.807) is 0 Å². The highest BCUT2D eigenvalue weighted by Crippen LogP contribution is 2.47. The van der Waals surface area contributed by atoms with Crippen LogP contribution >= 0.6 is 0 Å². The molecule has 2 saturated carbocycles. The van der Waals surface area contributed by atoms with E-state index in [-0.39, 0.29) is 17.9 Å². The molecule has 4 unspecified atom stereocenters. The third-order valence-electron chi connectivity index (χ3n) is 6.84. The van der Waals surface area contributed by atoms with E-state index in [2.05, 4.69) is 40.3 Å². The first-order valence-electron chi connectivity index (χ1n) is 9.97. The fourth-order valence-corrected chi connectivity index (χ4v) is 5.22. The second-order valence-corrected chi connectivity index (χ2v) is 8.51. The number of amides is 1. The van der Waals surface area contributed by atoms with Crippen molar-refractivity contribution in [2.75, 3.05) is 37.4 Å². The number of piperidine rings is 1. The lowest BCUT2D eigenvalue weighted by atomic mass is 9.84. The van der Waals surface area contributed by atoms with E-state index in [0.29, 0.717) is 23.7 Å². The maximum Gasteiger partial charge on any atom is 0.230 e. The van der Waals surface area contributed by atoms with Gasteiger partial charge in [-0.25, -0.2) is 4.98 Å². The molecule has 2 aliphatic carbocycles. The SMILES string of the molecule is CN(C)C1CCN(c2ccc(NC(=O)C3C4CCC(C4)C3N)nc2)CC1. The zero-order valence-electron chi connectivity index (χ0n) is 15.9. The van der Waals surface area contributed by atoms with Crippen LogP contribution in [0.2, 0.25) is 0 Å². The van der Waals surface area contributed by atoms with Gasteiger partial charge in [0.1, 0.15) is 5.82 Å². The monoisotopic (exact) mass is 357 g/mol. The first-order chi connectivity index (χ1) is 12.5. The highest BCUT2D eigenvalue weighted by molar-refractivity contribution is 5.92. The van der Waals surface area contributed by atoms with Gasteiger partial charge in [0.2, 0.25) is 5.91 Å². The van der Waals surface area contributed by atoms with Crippen LogP contribution in [0.25, 0.3) is 0 Å². The average Bonchev–Trinajstić information content (AvgIpc) is 3.23. The number of rotatable bonds is 4. The van der Waals surface area contributed by atoms with Crippen LogP contribution in [0, 0.1) is 17.8 Å². The minimum atomic E-state index is -0.0414. The Morgan fingerprint density at radius 2 is 1.92 bits per heavy atom. The molecule has 0 spiro atoms. The molecule has 2 heterocycles. The molecular formula is C20H31N5O. The van der Waals surface area contributed by atoms with Gasteiger partial charge in [0.05, 0.1) is 17.8 Å². The molecule has 4 atom stereocenters. The van der Waals surface area contributed by atoms with Crippen molar-refractivity contribution < 1.29 is 4.79 Å². The largest absolute Gasteiger partial charge is 0.370 e. The van der Waals surface area contributed by atoms with Crippen LogP contribution in [0.1, 0.15) is 32.1 Å². The summed E-state index contributed by atoms with van der Waals surface area (Å²) in [6.45, 7) is 2.10. The van der Waals surface area contributed by atoms with Crippen LogP contribution in [-0.2, 0) is 4.79 Å². The van der Waals surface area contributed by atoms with Gasteiger partial charge in [0, 0.05) is 25.2 Å². The predicted octanol–water partition coefficient (Wildman–Crippen LogP) is 1.92. The summed E-state index contributed by atoms with van der Waals surface area (Å²) in [5, 5.41) is 3.00. The Bertz CT molecular complexity index is 636. The fourth-order valence-electron chi connectivity index (χ4n) is 5.22. The third-order valence-corrected chi connectivity index (χ3v) is 6.84. The van der Waals surface area contributed by atoms with Gasteiger partial charge in [0.25, 0.3) is 0 Å². The van der Waals surface area contributed by atoms with E-state index in [1.165, 1.54) is 19.3 Å². The Hall–Kier alpha value is -1.66. The molecule has 3 aliphatic rings. The van der Waals surface area contributed by atoms with Crippen LogP contribution in [0.15, 0.2) is 18.3 Å². The van der Waals surface area contributed by atoms with Gasteiger partial charge in [-0.2, -0.15) is 0 Å². The standard InChI is InChI=1S/C20H31N5O/c1-24(2)15-7-9-25(10-8-15)16-5-6-17(22-12-16)23-20(26)18-13-3-4-14(11-13)19(18)21/h5-6,12-15,18-19H,3-4,7-11,21H2,1-2H3,(H,22,23,26). The number of nitrogens with two attached hydrogens (primary N) is 1. The number of hydrogen-bond acceptors (Lipinski definition) is 5. The molecule has 142 valence electrons. The molecular weight excluding hydrogens is 326 g/mol. The van der Waals surface area contributed by atoms with E-state index >= 15 is 0 Å². The molecule has 2 bridgehead atoms. The van der Waals surface area contributed by atoms with Crippen LogP contribution in [0.4, 0.5) is 11.5 Å². The number of carbonyl (C=O) groups is 1. The number of nitrogens with one attached hydrogen (secondary N) is 1. The van der Waals surface area contributed by atoms with Gasteiger partial charge in [-0.3, -0.25) is 4.79 Å². The van der Waals surface area contributed by atoms with Crippen molar-refractivity contribution in [3.63, 3.8) is 0 Å². The normalized spacial score (nSPS) is 31.6. The van der Waals surface area contributed by atoms with Crippen molar-refractivity contribution >= 4 is 17.4 Å². The minimum absolute atomic E-state index is 0.0195. The van der Waals surface area contributed by atoms with Gasteiger partial charge < -0.3 is 20.9 Å². The zero-order valence-corrected chi connectivity index (χ0v) is 15.9. The highest BCUT2D eigenvalue weighted by atomic mass is 16.2. The van der Waals surface area contributed by atoms with Gasteiger partial charge in [-0.05, 0) is 70.2 Å². The van der Waals surface area contributed by atoms with Crippen molar-refractivity contribution in [2.24, 2.45) is 23.5 Å². The van der Waals surface area contributed by atoms with E-state index in [4.69, 9.17) is 5.73 Å². The van der Waals surface area contributed by atoms with Gasteiger partial charge in [-0.15, -0.1) is 0 Å². The number of nitrogens with zero attached hydrogens (tertiary/aromatic N) is 3. The summed E-state index contributed by atoms with van der Waals surface area (Å²) in [6, 6.07) is 4.68. The van der Waals surface area contributed by atoms with Crippen molar-refractivity contribution in [1.82, 2.24) is 9.88 Å². The average molecular weight is 358 g/mol. The maximum atomic E-state index is 12.7. The van der Waals surface area contributed by atoms with Crippen molar-refractivity contribution in [2.45, 2.75) is 44.2 Å². The summed E-state index contributed by atoms with van der Waals surface area (Å²) in [5.41, 5.74) is 7.42. The van der Waals surface area contributed by atoms with Gasteiger partial charge in [-0.1, -0.05) is 0 Å². The molecule has 6 nitrogen and oxygen atoms in total. The number of pyridine rings is 1. The minimum Gasteiger partial charge on any atom is -0.370 e. The van der Waals surface area contributed by atoms with E-state index in [1.807, 2.05) is 12.3 Å². The molecule has 3 fully saturated rings. The summed E-state index contributed by atoms with van der Waals surface area (Å²) in [6.07, 6.45) is 7.68. The molecule has 1 aromatic heterocycles. The molecule has 1 aromatic rings. The number of hydrogen-bond donors (Lipinski definition) is 2. The first-order valence-corrected chi connectivity index (χ1v) is 9.97. The number of carbonyl (C=O) groups excluding carboxylic acids is 1. The third kappa shape index (κ3) is 3.32. The van der Waals surface area contributed by atoms with E-state index in [9.17, 15) is 4.79 Å². The summed E-state index contributed by atoms with van der Waals surface area (Å²) < 4.78 is 0. The molecule has 0 radical (unpaired) electrons. The highest BCUT2D eigenvalue weighted by Gasteiger charge is 2.49. The summed E-state index contributed by atoms with van der Waals surface area (Å²) in [5.74, 6) is 1.65. The Morgan fingerprint density at radius 3 is 2.50 bits per heavy atom. The summed E-state index contributed by atoms with van der Waals surface area (Å²) in [7, 11) is 4.31. The van der Waals surface area contributed by atoms with E-state index < -0.39 is 0 Å². The number of anilines is 2. The topological polar surface area (TPSA) is 74.5 Å². The van der Waals surface area contributed by atoms with E-state index in [0.717, 1.165) is 31.6 Å². The lowest BCUT2D eigenvalue weighted by Crippen LogP contribution is -2.42. The Morgan fingerprint density at radius 1 is 1.19 bits per heavy atom. The van der Waals surface area contributed by atoms with Crippen LogP contribution in [-0.4, -0.2) is 55.1 Å². The summed E-state index contributed by atoms with van der Waals surface area (Å²) >= 11 is 0. The Kier molecular flexibility index (Phi) is 4.88. The molecule has 1 aliphatic heterocycles. The molecule has 6 heteroatoms. The number of fused-ring (bicyclic) bond motifs is 2. The lowest BCUT2D eigenvalue weighted by molar-refractivity contribution is -0.121. The molecule has 3 N–H and O–H groups in total. The molecule has 26 heavy (non-hydrogen) atoms. The van der Waals surface area contributed by atoms with Crippen LogP contribution in [0.5, 0.6) is 0 Å². The molecule has 1 amide bonds. The maximum absolute atomic E-state index is 12.7. The van der Waals surface area contributed by atoms with Crippen LogP contribution in [0.3, 0.4) is 0 Å². The predicted molar refractivity (Wildman–Crippen MR) is 104 cm³/mol. The second kappa shape index (κ2) is 7.16. The molecule has 1 saturated heterocycles. The van der Waals surface area contributed by atoms with Crippen molar-refractivity contribution in [1.29, 1.82) is 0 Å². The zero-order chi connectivity index (χ0) is 18.3. The Labute approximate surface area is 156 Å². The fraction of sp³-hybridized carbons (Fsp3) is 0.700. The lowest BCUT2D eigenvalue weighted by Gasteiger charge is -2.36. The first kappa shape index (κ1) is 17.7. The number of aromatic nitrogens is 1. The second-order valence-electron chi connectivity index (χ2n) is 8.51.